The Morgan fingerprint density at radius 1 is 1.16 bits per heavy atom. The van der Waals surface area contributed by atoms with Crippen molar-refractivity contribution in [2.24, 2.45) is 10.9 Å². The lowest BCUT2D eigenvalue weighted by Gasteiger charge is -2.32. The van der Waals surface area contributed by atoms with Crippen LogP contribution < -0.4 is 10.6 Å². The molecule has 0 bridgehead atoms. The fourth-order valence-corrected chi connectivity index (χ4v) is 5.93. The summed E-state index contributed by atoms with van der Waals surface area (Å²) in [4.78, 5) is 7.27. The smallest absolute Gasteiger partial charge is 0.243 e. The lowest BCUT2D eigenvalue weighted by Crippen LogP contribution is -2.47. The number of hydrogen-bond acceptors (Lipinski definition) is 4. The maximum atomic E-state index is 13.3. The van der Waals surface area contributed by atoms with Crippen LogP contribution >= 0.6 is 24.0 Å². The van der Waals surface area contributed by atoms with Crippen LogP contribution in [0, 0.1) is 5.92 Å². The molecule has 1 aliphatic heterocycles. The van der Waals surface area contributed by atoms with Gasteiger partial charge in [0.2, 0.25) is 10.0 Å². The highest BCUT2D eigenvalue weighted by Crippen LogP contribution is 2.24. The number of benzene rings is 1. The van der Waals surface area contributed by atoms with Gasteiger partial charge in [-0.15, -0.1) is 24.0 Å². The van der Waals surface area contributed by atoms with Gasteiger partial charge >= 0.3 is 0 Å². The van der Waals surface area contributed by atoms with E-state index in [2.05, 4.69) is 22.5 Å². The summed E-state index contributed by atoms with van der Waals surface area (Å²) in [6.07, 6.45) is 4.84. The van der Waals surface area contributed by atoms with E-state index in [4.69, 9.17) is 4.99 Å². The average Bonchev–Trinajstić information content (AvgIpc) is 2.73. The van der Waals surface area contributed by atoms with Crippen molar-refractivity contribution >= 4 is 40.0 Å². The minimum Gasteiger partial charge on any atom is -0.357 e. The Balaban J connectivity index is 0.00000341. The maximum absolute atomic E-state index is 13.3. The quantitative estimate of drug-likeness (QED) is 0.317. The summed E-state index contributed by atoms with van der Waals surface area (Å²) >= 11 is 0. The number of piperazine rings is 1. The molecule has 0 radical (unpaired) electrons. The van der Waals surface area contributed by atoms with Gasteiger partial charge in [0, 0.05) is 38.8 Å². The van der Waals surface area contributed by atoms with Crippen LogP contribution in [0.25, 0.3) is 0 Å². The molecule has 2 aliphatic rings. The first-order valence-electron chi connectivity index (χ1n) is 11.2. The van der Waals surface area contributed by atoms with E-state index >= 15 is 0 Å². The number of guanidine groups is 1. The van der Waals surface area contributed by atoms with Crippen molar-refractivity contribution in [3.63, 3.8) is 0 Å². The molecule has 0 aromatic heterocycles. The molecule has 1 aromatic carbocycles. The first-order chi connectivity index (χ1) is 14.4. The SMILES string of the molecule is CCNC(=NCc1ccccc1S(=O)(=O)N1CCN(C)CC1)NC1CCCC(C)C1.I. The topological polar surface area (TPSA) is 77.0 Å². The third-order valence-electron chi connectivity index (χ3n) is 6.08. The molecule has 9 heteroatoms. The van der Waals surface area contributed by atoms with E-state index < -0.39 is 10.0 Å². The summed E-state index contributed by atoms with van der Waals surface area (Å²) in [5, 5.41) is 6.87. The molecular formula is C22H38IN5O2S. The van der Waals surface area contributed by atoms with Gasteiger partial charge in [-0.2, -0.15) is 4.31 Å². The van der Waals surface area contributed by atoms with Gasteiger partial charge in [0.25, 0.3) is 0 Å². The second-order valence-corrected chi connectivity index (χ2v) is 10.5. The molecule has 0 amide bonds. The van der Waals surface area contributed by atoms with E-state index in [0.29, 0.717) is 30.6 Å². The molecule has 3 rings (SSSR count). The summed E-state index contributed by atoms with van der Waals surface area (Å²) in [6, 6.07) is 7.69. The van der Waals surface area contributed by atoms with Gasteiger partial charge in [0.1, 0.15) is 0 Å². The Labute approximate surface area is 205 Å². The van der Waals surface area contributed by atoms with Crippen LogP contribution in [-0.2, 0) is 16.6 Å². The minimum absolute atomic E-state index is 0. The van der Waals surface area contributed by atoms with Crippen LogP contribution in [0.1, 0.15) is 45.1 Å². The fraction of sp³-hybridized carbons (Fsp3) is 0.682. The van der Waals surface area contributed by atoms with E-state index in [0.717, 1.165) is 49.9 Å². The number of hydrogen-bond donors (Lipinski definition) is 2. The minimum atomic E-state index is -3.51. The van der Waals surface area contributed by atoms with Gasteiger partial charge in [0.05, 0.1) is 11.4 Å². The second kappa shape index (κ2) is 12.4. The van der Waals surface area contributed by atoms with Gasteiger partial charge in [-0.1, -0.05) is 38.0 Å². The summed E-state index contributed by atoms with van der Waals surface area (Å²) in [7, 11) is -1.49. The summed E-state index contributed by atoms with van der Waals surface area (Å²) in [5.41, 5.74) is 0.741. The Morgan fingerprint density at radius 2 is 1.87 bits per heavy atom. The van der Waals surface area contributed by atoms with Gasteiger partial charge in [0.15, 0.2) is 5.96 Å². The zero-order chi connectivity index (χ0) is 21.6. The Morgan fingerprint density at radius 3 is 2.55 bits per heavy atom. The first kappa shape index (κ1) is 26.3. The predicted octanol–water partition coefficient (Wildman–Crippen LogP) is 2.87. The van der Waals surface area contributed by atoms with E-state index in [1.807, 2.05) is 26.1 Å². The average molecular weight is 564 g/mol. The zero-order valence-corrected chi connectivity index (χ0v) is 22.2. The molecule has 1 heterocycles. The molecule has 2 unspecified atom stereocenters. The maximum Gasteiger partial charge on any atom is 0.243 e. The molecule has 0 spiro atoms. The van der Waals surface area contributed by atoms with Crippen LogP contribution in [0.15, 0.2) is 34.2 Å². The number of nitrogens with zero attached hydrogens (tertiary/aromatic N) is 3. The molecule has 1 saturated carbocycles. The summed E-state index contributed by atoms with van der Waals surface area (Å²) in [5.74, 6) is 1.50. The molecule has 2 N–H and O–H groups in total. The first-order valence-corrected chi connectivity index (χ1v) is 12.7. The molecule has 2 fully saturated rings. The molecule has 2 atom stereocenters. The molecule has 1 aliphatic carbocycles. The predicted molar refractivity (Wildman–Crippen MR) is 137 cm³/mol. The largest absolute Gasteiger partial charge is 0.357 e. The molecule has 31 heavy (non-hydrogen) atoms. The number of nitrogens with one attached hydrogen (secondary N) is 2. The zero-order valence-electron chi connectivity index (χ0n) is 19.0. The highest BCUT2D eigenvalue weighted by molar-refractivity contribution is 14.0. The summed E-state index contributed by atoms with van der Waals surface area (Å²) in [6.45, 7) is 8.03. The molecule has 7 nitrogen and oxygen atoms in total. The fourth-order valence-electron chi connectivity index (χ4n) is 4.30. The third kappa shape index (κ3) is 7.30. The van der Waals surface area contributed by atoms with Crippen molar-refractivity contribution in [1.82, 2.24) is 19.8 Å². The molecule has 1 aromatic rings. The van der Waals surface area contributed by atoms with E-state index in [1.165, 1.54) is 12.8 Å². The van der Waals surface area contributed by atoms with Gasteiger partial charge < -0.3 is 15.5 Å². The van der Waals surface area contributed by atoms with Crippen molar-refractivity contribution in [2.75, 3.05) is 39.8 Å². The standard InChI is InChI=1S/C22H37N5O2S.HI/c1-4-23-22(25-20-10-7-8-18(2)16-20)24-17-19-9-5-6-11-21(19)30(28,29)27-14-12-26(3)13-15-27;/h5-6,9,11,18,20H,4,7-8,10,12-17H2,1-3H3,(H2,23,24,25);1H. The number of sulfonamides is 1. The van der Waals surface area contributed by atoms with Crippen molar-refractivity contribution in [1.29, 1.82) is 0 Å². The van der Waals surface area contributed by atoms with Crippen LogP contribution in [0.3, 0.4) is 0 Å². The van der Waals surface area contributed by atoms with Gasteiger partial charge in [-0.3, -0.25) is 0 Å². The van der Waals surface area contributed by atoms with Gasteiger partial charge in [-0.25, -0.2) is 13.4 Å². The van der Waals surface area contributed by atoms with E-state index in [-0.39, 0.29) is 24.0 Å². The third-order valence-corrected chi connectivity index (χ3v) is 8.08. The van der Waals surface area contributed by atoms with Gasteiger partial charge in [-0.05, 0) is 44.4 Å². The highest BCUT2D eigenvalue weighted by Gasteiger charge is 2.29. The van der Waals surface area contributed by atoms with Crippen molar-refractivity contribution in [3.05, 3.63) is 29.8 Å². The number of rotatable bonds is 6. The van der Waals surface area contributed by atoms with E-state index in [9.17, 15) is 8.42 Å². The number of likely N-dealkylation sites (N-methyl/N-ethyl adjacent to an activating group) is 1. The second-order valence-electron chi connectivity index (χ2n) is 8.62. The van der Waals surface area contributed by atoms with E-state index in [1.54, 1.807) is 16.4 Å². The van der Waals surface area contributed by atoms with Crippen molar-refractivity contribution in [2.45, 2.75) is 57.0 Å². The Bertz CT molecular complexity index is 825. The van der Waals surface area contributed by atoms with Crippen LogP contribution in [0.2, 0.25) is 0 Å². The molecule has 176 valence electrons. The number of aliphatic imine (C=N–C) groups is 1. The lowest BCUT2D eigenvalue weighted by atomic mass is 9.87. The van der Waals surface area contributed by atoms with Crippen LogP contribution in [-0.4, -0.2) is 69.4 Å². The van der Waals surface area contributed by atoms with Crippen LogP contribution in [0.4, 0.5) is 0 Å². The number of halogens is 1. The summed E-state index contributed by atoms with van der Waals surface area (Å²) < 4.78 is 28.1. The van der Waals surface area contributed by atoms with Crippen molar-refractivity contribution < 1.29 is 8.42 Å². The normalized spacial score (nSPS) is 23.8. The van der Waals surface area contributed by atoms with Crippen LogP contribution in [0.5, 0.6) is 0 Å². The Kier molecular flexibility index (Phi) is 10.5. The molecular weight excluding hydrogens is 525 g/mol. The Hall–Kier alpha value is -0.910. The monoisotopic (exact) mass is 563 g/mol. The lowest BCUT2D eigenvalue weighted by molar-refractivity contribution is 0.222. The van der Waals surface area contributed by atoms with Crippen molar-refractivity contribution in [3.8, 4) is 0 Å². The highest BCUT2D eigenvalue weighted by atomic mass is 127. The molecule has 1 saturated heterocycles.